The molecule has 0 radical (unpaired) electrons. The van der Waals surface area contributed by atoms with Crippen LogP contribution in [0.25, 0.3) is 0 Å². The topological polar surface area (TPSA) is 63.7 Å². The summed E-state index contributed by atoms with van der Waals surface area (Å²) in [5.41, 5.74) is 1.04. The van der Waals surface area contributed by atoms with E-state index in [9.17, 15) is 13.2 Å². The minimum atomic E-state index is -3.56. The molecule has 1 aromatic rings. The van der Waals surface area contributed by atoms with Crippen LogP contribution in [0.3, 0.4) is 0 Å². The number of esters is 1. The number of hydrogen-bond donors (Lipinski definition) is 0. The van der Waals surface area contributed by atoms with Crippen LogP contribution in [-0.4, -0.2) is 39.4 Å². The maximum Gasteiger partial charge on any atom is 0.338 e. The van der Waals surface area contributed by atoms with Crippen LogP contribution in [0.1, 0.15) is 48.0 Å². The zero-order chi connectivity index (χ0) is 17.0. The van der Waals surface area contributed by atoms with E-state index in [0.29, 0.717) is 18.1 Å². The molecule has 128 valence electrons. The lowest BCUT2D eigenvalue weighted by Crippen LogP contribution is -2.23. The Morgan fingerprint density at radius 1 is 1.22 bits per heavy atom. The summed E-state index contributed by atoms with van der Waals surface area (Å²) in [6.07, 6.45) is 5.84. The number of carbonyl (C=O) groups excluding carboxylic acids is 1. The molecule has 2 rings (SSSR count). The molecule has 0 bridgehead atoms. The van der Waals surface area contributed by atoms with Crippen LogP contribution in [-0.2, 0) is 14.8 Å². The van der Waals surface area contributed by atoms with Gasteiger partial charge in [-0.2, -0.15) is 0 Å². The van der Waals surface area contributed by atoms with Gasteiger partial charge in [0.2, 0.25) is 10.0 Å². The summed E-state index contributed by atoms with van der Waals surface area (Å²) in [6.45, 7) is 2.20. The van der Waals surface area contributed by atoms with Gasteiger partial charge >= 0.3 is 5.97 Å². The van der Waals surface area contributed by atoms with Gasteiger partial charge in [-0.25, -0.2) is 17.5 Å². The minimum Gasteiger partial charge on any atom is -0.462 e. The van der Waals surface area contributed by atoms with E-state index < -0.39 is 16.0 Å². The smallest absolute Gasteiger partial charge is 0.338 e. The Hall–Kier alpha value is -1.40. The number of benzene rings is 1. The molecule has 0 atom stereocenters. The lowest BCUT2D eigenvalue weighted by molar-refractivity contribution is 0.0409. The average molecular weight is 339 g/mol. The molecule has 0 aromatic heterocycles. The third-order valence-corrected chi connectivity index (χ3v) is 6.19. The van der Waals surface area contributed by atoms with Gasteiger partial charge in [-0.05, 0) is 43.4 Å². The number of ether oxygens (including phenoxy) is 1. The van der Waals surface area contributed by atoms with Gasteiger partial charge in [0.1, 0.15) is 0 Å². The second-order valence-electron chi connectivity index (χ2n) is 6.37. The van der Waals surface area contributed by atoms with E-state index in [1.807, 2.05) is 0 Å². The van der Waals surface area contributed by atoms with Crippen LogP contribution in [0.5, 0.6) is 0 Å². The zero-order valence-corrected chi connectivity index (χ0v) is 14.9. The van der Waals surface area contributed by atoms with Crippen molar-refractivity contribution in [2.45, 2.75) is 43.9 Å². The van der Waals surface area contributed by atoms with Crippen LogP contribution in [0, 0.1) is 12.8 Å². The summed E-state index contributed by atoms with van der Waals surface area (Å²) in [5.74, 6) is -0.00873. The monoisotopic (exact) mass is 339 g/mol. The average Bonchev–Trinajstić information content (AvgIpc) is 2.53. The SMILES string of the molecule is Cc1ccc(S(=O)(=O)N(C)C)cc1C(=O)OCC1CCCCC1. The predicted octanol–water partition coefficient (Wildman–Crippen LogP) is 2.98. The van der Waals surface area contributed by atoms with E-state index in [1.165, 1.54) is 45.5 Å². The normalized spacial score (nSPS) is 16.5. The molecule has 1 aromatic carbocycles. The molecule has 0 spiro atoms. The molecule has 0 amide bonds. The van der Waals surface area contributed by atoms with Gasteiger partial charge in [0, 0.05) is 14.1 Å². The van der Waals surface area contributed by atoms with Gasteiger partial charge in [0.05, 0.1) is 17.1 Å². The molecule has 0 saturated heterocycles. The van der Waals surface area contributed by atoms with Crippen molar-refractivity contribution in [3.8, 4) is 0 Å². The van der Waals surface area contributed by atoms with Crippen molar-refractivity contribution in [2.75, 3.05) is 20.7 Å². The second-order valence-corrected chi connectivity index (χ2v) is 8.52. The van der Waals surface area contributed by atoms with Gasteiger partial charge in [-0.3, -0.25) is 0 Å². The van der Waals surface area contributed by atoms with Crippen molar-refractivity contribution in [1.82, 2.24) is 4.31 Å². The van der Waals surface area contributed by atoms with Gasteiger partial charge < -0.3 is 4.74 Å². The van der Waals surface area contributed by atoms with E-state index in [4.69, 9.17) is 4.74 Å². The fourth-order valence-electron chi connectivity index (χ4n) is 2.82. The Morgan fingerprint density at radius 2 is 1.87 bits per heavy atom. The summed E-state index contributed by atoms with van der Waals surface area (Å²) in [6, 6.07) is 4.57. The molecule has 1 fully saturated rings. The van der Waals surface area contributed by atoms with Crippen LogP contribution >= 0.6 is 0 Å². The second kappa shape index (κ2) is 7.45. The van der Waals surface area contributed by atoms with E-state index in [-0.39, 0.29) is 4.90 Å². The van der Waals surface area contributed by atoms with Gasteiger partial charge in [-0.15, -0.1) is 0 Å². The Kier molecular flexibility index (Phi) is 5.81. The summed E-state index contributed by atoms with van der Waals surface area (Å²) >= 11 is 0. The van der Waals surface area contributed by atoms with Crippen molar-refractivity contribution in [2.24, 2.45) is 5.92 Å². The number of sulfonamides is 1. The third-order valence-electron chi connectivity index (χ3n) is 4.38. The lowest BCUT2D eigenvalue weighted by Gasteiger charge is -2.21. The van der Waals surface area contributed by atoms with Crippen molar-refractivity contribution >= 4 is 16.0 Å². The minimum absolute atomic E-state index is 0.109. The van der Waals surface area contributed by atoms with E-state index in [1.54, 1.807) is 13.0 Å². The molecule has 0 N–H and O–H groups in total. The van der Waals surface area contributed by atoms with Gasteiger partial charge in [0.25, 0.3) is 0 Å². The first kappa shape index (κ1) is 17.9. The fourth-order valence-corrected chi connectivity index (χ4v) is 3.75. The van der Waals surface area contributed by atoms with Crippen LogP contribution in [0.4, 0.5) is 0 Å². The zero-order valence-electron chi connectivity index (χ0n) is 14.0. The molecule has 1 aliphatic carbocycles. The largest absolute Gasteiger partial charge is 0.462 e. The molecule has 6 heteroatoms. The molecule has 0 unspecified atom stereocenters. The lowest BCUT2D eigenvalue weighted by atomic mass is 9.90. The van der Waals surface area contributed by atoms with Gasteiger partial charge in [-0.1, -0.05) is 25.3 Å². The Bertz CT molecular complexity index is 661. The highest BCUT2D eigenvalue weighted by atomic mass is 32.2. The standard InChI is InChI=1S/C17H25NO4S/c1-13-9-10-15(23(20,21)18(2)3)11-16(13)17(19)22-12-14-7-5-4-6-8-14/h9-11,14H,4-8,12H2,1-3H3. The van der Waals surface area contributed by atoms with E-state index in [2.05, 4.69) is 0 Å². The van der Waals surface area contributed by atoms with E-state index in [0.717, 1.165) is 22.7 Å². The maximum absolute atomic E-state index is 12.3. The van der Waals surface area contributed by atoms with Crippen molar-refractivity contribution in [3.05, 3.63) is 29.3 Å². The number of hydrogen-bond acceptors (Lipinski definition) is 4. The fraction of sp³-hybridized carbons (Fsp3) is 0.588. The van der Waals surface area contributed by atoms with Crippen molar-refractivity contribution in [1.29, 1.82) is 0 Å². The molecule has 1 aliphatic rings. The molecule has 0 heterocycles. The summed E-state index contributed by atoms with van der Waals surface area (Å²) in [7, 11) is -0.623. The van der Waals surface area contributed by atoms with Crippen LogP contribution < -0.4 is 0 Å². The predicted molar refractivity (Wildman–Crippen MR) is 88.9 cm³/mol. The van der Waals surface area contributed by atoms with Gasteiger partial charge in [0.15, 0.2) is 0 Å². The molecule has 1 saturated carbocycles. The quantitative estimate of drug-likeness (QED) is 0.774. The molecule has 0 aliphatic heterocycles. The Balaban J connectivity index is 2.13. The third kappa shape index (κ3) is 4.32. The first-order valence-electron chi connectivity index (χ1n) is 8.02. The van der Waals surface area contributed by atoms with Crippen molar-refractivity contribution in [3.63, 3.8) is 0 Å². The summed E-state index contributed by atoms with van der Waals surface area (Å²) in [4.78, 5) is 12.4. The van der Waals surface area contributed by atoms with Crippen molar-refractivity contribution < 1.29 is 17.9 Å². The summed E-state index contributed by atoms with van der Waals surface area (Å²) in [5, 5.41) is 0. The number of rotatable bonds is 5. The highest BCUT2D eigenvalue weighted by molar-refractivity contribution is 7.89. The Labute approximate surface area is 138 Å². The first-order chi connectivity index (χ1) is 10.8. The number of carbonyl (C=O) groups is 1. The Morgan fingerprint density at radius 3 is 2.48 bits per heavy atom. The van der Waals surface area contributed by atoms with E-state index >= 15 is 0 Å². The molecular weight excluding hydrogens is 314 g/mol. The highest BCUT2D eigenvalue weighted by Crippen LogP contribution is 2.24. The molecular formula is C17H25NO4S. The van der Waals surface area contributed by atoms with Crippen LogP contribution in [0.2, 0.25) is 0 Å². The highest BCUT2D eigenvalue weighted by Gasteiger charge is 2.22. The maximum atomic E-state index is 12.3. The van der Waals surface area contributed by atoms with Crippen LogP contribution in [0.15, 0.2) is 23.1 Å². The number of nitrogens with zero attached hydrogens (tertiary/aromatic N) is 1. The number of aryl methyl sites for hydroxylation is 1. The summed E-state index contributed by atoms with van der Waals surface area (Å²) < 4.78 is 31.0. The molecule has 5 nitrogen and oxygen atoms in total. The first-order valence-corrected chi connectivity index (χ1v) is 9.46. The molecule has 23 heavy (non-hydrogen) atoms.